The normalized spacial score (nSPS) is 24.8. The van der Waals surface area contributed by atoms with E-state index in [1.165, 1.54) is 5.56 Å². The molecule has 2 rings (SSSR count). The molecule has 1 unspecified atom stereocenters. The Bertz CT molecular complexity index is 437. The van der Waals surface area contributed by atoms with Gasteiger partial charge in [-0.05, 0) is 58.9 Å². The van der Waals surface area contributed by atoms with E-state index in [9.17, 15) is 0 Å². The Morgan fingerprint density at radius 1 is 1.21 bits per heavy atom. The first-order valence-corrected chi connectivity index (χ1v) is 6.94. The number of nitrogens with zero attached hydrogens (tertiary/aromatic N) is 1. The summed E-state index contributed by atoms with van der Waals surface area (Å²) in [6, 6.07) is 8.55. The number of rotatable bonds is 3. The van der Waals surface area contributed by atoms with Gasteiger partial charge >= 0.3 is 0 Å². The molecule has 19 heavy (non-hydrogen) atoms. The van der Waals surface area contributed by atoms with E-state index in [0.29, 0.717) is 6.04 Å². The van der Waals surface area contributed by atoms with Crippen molar-refractivity contribution in [2.24, 2.45) is 0 Å². The lowest BCUT2D eigenvalue weighted by molar-refractivity contribution is -0.0791. The van der Waals surface area contributed by atoms with Crippen LogP contribution in [0.2, 0.25) is 0 Å². The number of hydrogen-bond acceptors (Lipinski definition) is 3. The van der Waals surface area contributed by atoms with Gasteiger partial charge in [0.2, 0.25) is 0 Å². The summed E-state index contributed by atoms with van der Waals surface area (Å²) < 4.78 is 6.17. The van der Waals surface area contributed by atoms with E-state index in [1.54, 1.807) is 0 Å². The molecule has 2 N–H and O–H groups in total. The Morgan fingerprint density at radius 3 is 2.26 bits per heavy atom. The van der Waals surface area contributed by atoms with Crippen molar-refractivity contribution in [3.8, 4) is 0 Å². The number of anilines is 1. The van der Waals surface area contributed by atoms with E-state index in [2.05, 4.69) is 51.8 Å². The van der Waals surface area contributed by atoms with E-state index >= 15 is 0 Å². The highest BCUT2D eigenvalue weighted by Crippen LogP contribution is 2.40. The molecule has 1 saturated heterocycles. The first kappa shape index (κ1) is 14.4. The smallest absolute Gasteiger partial charge is 0.0789 e. The van der Waals surface area contributed by atoms with Gasteiger partial charge in [-0.2, -0.15) is 0 Å². The van der Waals surface area contributed by atoms with Crippen LogP contribution < -0.4 is 5.73 Å². The maximum Gasteiger partial charge on any atom is 0.0789 e. The maximum atomic E-state index is 6.17. The van der Waals surface area contributed by atoms with Crippen LogP contribution in [0.15, 0.2) is 24.3 Å². The largest absolute Gasteiger partial charge is 0.399 e. The summed E-state index contributed by atoms with van der Waals surface area (Å²) in [6.07, 6.45) is 1.06. The van der Waals surface area contributed by atoms with Crippen molar-refractivity contribution in [2.75, 3.05) is 12.8 Å². The predicted octanol–water partition coefficient (Wildman–Crippen LogP) is 3.05. The summed E-state index contributed by atoms with van der Waals surface area (Å²) in [4.78, 5) is 2.39. The van der Waals surface area contributed by atoms with Crippen LogP contribution in [0.1, 0.15) is 39.7 Å². The van der Waals surface area contributed by atoms with Crippen molar-refractivity contribution in [1.82, 2.24) is 4.90 Å². The molecule has 106 valence electrons. The van der Waals surface area contributed by atoms with E-state index in [4.69, 9.17) is 10.5 Å². The highest BCUT2D eigenvalue weighted by molar-refractivity contribution is 5.39. The van der Waals surface area contributed by atoms with Crippen LogP contribution in [0.3, 0.4) is 0 Å². The van der Waals surface area contributed by atoms with E-state index in [1.807, 2.05) is 12.1 Å². The average Bonchev–Trinajstić information content (AvgIpc) is 2.50. The predicted molar refractivity (Wildman–Crippen MR) is 80.0 cm³/mol. The Labute approximate surface area is 116 Å². The van der Waals surface area contributed by atoms with Crippen molar-refractivity contribution in [3.05, 3.63) is 29.8 Å². The molecule has 1 aromatic rings. The lowest BCUT2D eigenvalue weighted by Gasteiger charge is -2.33. The van der Waals surface area contributed by atoms with Crippen LogP contribution >= 0.6 is 0 Å². The van der Waals surface area contributed by atoms with Gasteiger partial charge in [-0.25, -0.2) is 0 Å². The molecule has 0 amide bonds. The van der Waals surface area contributed by atoms with Gasteiger partial charge in [-0.3, -0.25) is 4.90 Å². The fourth-order valence-corrected chi connectivity index (χ4v) is 3.24. The van der Waals surface area contributed by atoms with Crippen LogP contribution in [0.25, 0.3) is 0 Å². The molecule has 1 fully saturated rings. The van der Waals surface area contributed by atoms with Crippen LogP contribution in [0.4, 0.5) is 5.69 Å². The first-order valence-electron chi connectivity index (χ1n) is 6.94. The van der Waals surface area contributed by atoms with Gasteiger partial charge in [0, 0.05) is 18.3 Å². The molecule has 0 saturated carbocycles. The fraction of sp³-hybridized carbons (Fsp3) is 0.625. The summed E-state index contributed by atoms with van der Waals surface area (Å²) in [5, 5.41) is 0. The summed E-state index contributed by atoms with van der Waals surface area (Å²) in [5.74, 6) is 0. The number of likely N-dealkylation sites (N-methyl/N-ethyl adjacent to an activating group) is 1. The lowest BCUT2D eigenvalue weighted by Crippen LogP contribution is -2.44. The van der Waals surface area contributed by atoms with Crippen LogP contribution in [-0.2, 0) is 11.3 Å². The number of ether oxygens (including phenoxy) is 1. The van der Waals surface area contributed by atoms with Gasteiger partial charge in [0.05, 0.1) is 11.2 Å². The zero-order chi connectivity index (χ0) is 14.3. The molecular weight excluding hydrogens is 236 g/mol. The third-order valence-corrected chi connectivity index (χ3v) is 3.97. The molecule has 3 nitrogen and oxygen atoms in total. The van der Waals surface area contributed by atoms with Crippen molar-refractivity contribution < 1.29 is 4.74 Å². The maximum absolute atomic E-state index is 6.17. The molecule has 1 aromatic carbocycles. The van der Waals surface area contributed by atoms with Gasteiger partial charge < -0.3 is 10.5 Å². The zero-order valence-electron chi connectivity index (χ0n) is 12.7. The standard InChI is InChI=1S/C16H26N2O/c1-15(2)10-14(16(3,4)19-15)18(5)11-12-6-8-13(17)9-7-12/h6-9,14H,10-11,17H2,1-5H3. The van der Waals surface area contributed by atoms with E-state index in [-0.39, 0.29) is 11.2 Å². The summed E-state index contributed by atoms with van der Waals surface area (Å²) in [7, 11) is 2.17. The van der Waals surface area contributed by atoms with E-state index < -0.39 is 0 Å². The lowest BCUT2D eigenvalue weighted by atomic mass is 9.93. The van der Waals surface area contributed by atoms with Crippen molar-refractivity contribution >= 4 is 5.69 Å². The third-order valence-electron chi connectivity index (χ3n) is 3.97. The number of benzene rings is 1. The third kappa shape index (κ3) is 3.28. The first-order chi connectivity index (χ1) is 8.70. The Kier molecular flexibility index (Phi) is 3.63. The Balaban J connectivity index is 2.07. The molecule has 1 aliphatic heterocycles. The van der Waals surface area contributed by atoms with Crippen molar-refractivity contribution in [2.45, 2.75) is 57.9 Å². The van der Waals surface area contributed by atoms with Crippen molar-refractivity contribution in [1.29, 1.82) is 0 Å². The van der Waals surface area contributed by atoms with Gasteiger partial charge in [-0.15, -0.1) is 0 Å². The summed E-state index contributed by atoms with van der Waals surface area (Å²) >= 11 is 0. The molecule has 0 aliphatic carbocycles. The molecule has 3 heteroatoms. The number of nitrogens with two attached hydrogens (primary N) is 1. The van der Waals surface area contributed by atoms with Gasteiger partial charge in [-0.1, -0.05) is 12.1 Å². The summed E-state index contributed by atoms with van der Waals surface area (Å²) in [6.45, 7) is 9.64. The molecule has 0 aromatic heterocycles. The summed E-state index contributed by atoms with van der Waals surface area (Å²) in [5.41, 5.74) is 7.69. The Hall–Kier alpha value is -1.06. The molecule has 0 radical (unpaired) electrons. The number of hydrogen-bond donors (Lipinski definition) is 1. The fourth-order valence-electron chi connectivity index (χ4n) is 3.24. The molecule has 1 aliphatic rings. The average molecular weight is 262 g/mol. The van der Waals surface area contributed by atoms with Crippen LogP contribution in [0.5, 0.6) is 0 Å². The van der Waals surface area contributed by atoms with E-state index in [0.717, 1.165) is 18.7 Å². The van der Waals surface area contributed by atoms with Gasteiger partial charge in [0.1, 0.15) is 0 Å². The second-order valence-corrected chi connectivity index (χ2v) is 6.84. The second-order valence-electron chi connectivity index (χ2n) is 6.84. The van der Waals surface area contributed by atoms with Gasteiger partial charge in [0.15, 0.2) is 0 Å². The minimum absolute atomic E-state index is 0.0382. The minimum atomic E-state index is -0.105. The highest BCUT2D eigenvalue weighted by atomic mass is 16.5. The second kappa shape index (κ2) is 4.80. The monoisotopic (exact) mass is 262 g/mol. The van der Waals surface area contributed by atoms with Crippen molar-refractivity contribution in [3.63, 3.8) is 0 Å². The quantitative estimate of drug-likeness (QED) is 0.851. The minimum Gasteiger partial charge on any atom is -0.399 e. The van der Waals surface area contributed by atoms with Crippen LogP contribution in [-0.4, -0.2) is 29.2 Å². The topological polar surface area (TPSA) is 38.5 Å². The Morgan fingerprint density at radius 2 is 1.79 bits per heavy atom. The number of nitrogen functional groups attached to an aromatic ring is 1. The molecule has 0 bridgehead atoms. The molecule has 1 heterocycles. The molecule has 1 atom stereocenters. The van der Waals surface area contributed by atoms with Gasteiger partial charge in [0.25, 0.3) is 0 Å². The molecular formula is C16H26N2O. The van der Waals surface area contributed by atoms with Crippen LogP contribution in [0, 0.1) is 0 Å². The molecule has 0 spiro atoms. The highest BCUT2D eigenvalue weighted by Gasteiger charge is 2.47. The SMILES string of the molecule is CN(Cc1ccc(N)cc1)C1CC(C)(C)OC1(C)C. The zero-order valence-corrected chi connectivity index (χ0v) is 12.7.